The topological polar surface area (TPSA) is 3.24 Å². The van der Waals surface area contributed by atoms with Crippen LogP contribution in [0.5, 0.6) is 0 Å². The fourth-order valence-corrected chi connectivity index (χ4v) is 5.77. The van der Waals surface area contributed by atoms with Crippen molar-refractivity contribution < 1.29 is 24.9 Å². The third-order valence-corrected chi connectivity index (χ3v) is 9.11. The van der Waals surface area contributed by atoms with Crippen molar-refractivity contribution in [1.82, 2.24) is 2.66 Å². The Kier molecular flexibility index (Phi) is 6.70. The second-order valence-corrected chi connectivity index (χ2v) is 11.1. The average Bonchev–Trinajstić information content (AvgIpc) is 1.83. The summed E-state index contributed by atoms with van der Waals surface area (Å²) in [5.74, 6) is 0. The van der Waals surface area contributed by atoms with E-state index in [2.05, 4.69) is 23.4 Å². The van der Waals surface area contributed by atoms with E-state index < -0.39 is 24.9 Å². The zero-order chi connectivity index (χ0) is 6.41. The molecule has 46 valence electrons. The van der Waals surface area contributed by atoms with Gasteiger partial charge in [-0.3, -0.25) is 0 Å². The first-order valence-corrected chi connectivity index (χ1v) is 9.92. The van der Waals surface area contributed by atoms with E-state index in [1.54, 1.807) is 0 Å². The zero-order valence-corrected chi connectivity index (χ0v) is 11.8. The van der Waals surface area contributed by atoms with Crippen molar-refractivity contribution in [2.45, 2.75) is 24.7 Å². The summed E-state index contributed by atoms with van der Waals surface area (Å²) in [4.78, 5) is 0. The van der Waals surface area contributed by atoms with Gasteiger partial charge in [0.2, 0.25) is 0 Å². The molecular formula is C6H15HgN. The molecule has 0 aromatic heterocycles. The summed E-state index contributed by atoms with van der Waals surface area (Å²) in [6.45, 7) is 9.44. The first-order chi connectivity index (χ1) is 3.85. The number of nitrogens with zero attached hydrogens (tertiary/aromatic N) is 1. The van der Waals surface area contributed by atoms with Gasteiger partial charge in [0.15, 0.2) is 0 Å². The Morgan fingerprint density at radius 3 is 1.75 bits per heavy atom. The van der Waals surface area contributed by atoms with Gasteiger partial charge in [-0.25, -0.2) is 0 Å². The van der Waals surface area contributed by atoms with Crippen LogP contribution in [0.15, 0.2) is 0 Å². The van der Waals surface area contributed by atoms with Crippen molar-refractivity contribution >= 4 is 0 Å². The minimum atomic E-state index is -0.484. The van der Waals surface area contributed by atoms with Crippen molar-refractivity contribution in [3.63, 3.8) is 0 Å². The van der Waals surface area contributed by atoms with Crippen LogP contribution in [0.3, 0.4) is 0 Å². The summed E-state index contributed by atoms with van der Waals surface area (Å²) in [6, 6.07) is 0. The molecule has 0 unspecified atom stereocenters. The first kappa shape index (κ1) is 8.90. The van der Waals surface area contributed by atoms with Gasteiger partial charge in [0.05, 0.1) is 0 Å². The van der Waals surface area contributed by atoms with Gasteiger partial charge in [-0.1, -0.05) is 0 Å². The van der Waals surface area contributed by atoms with E-state index in [0.29, 0.717) is 0 Å². The van der Waals surface area contributed by atoms with Crippen LogP contribution < -0.4 is 0 Å². The standard InChI is InChI=1S/C4H10N.C2H5.Hg/c1-3-5-4-2;1-2;/h3-4H2,1-2H3;1H2,2H3;/q-1;;+1. The van der Waals surface area contributed by atoms with Gasteiger partial charge in [0.1, 0.15) is 0 Å². The molecule has 1 nitrogen and oxygen atoms in total. The maximum atomic E-state index is 2.65. The van der Waals surface area contributed by atoms with Gasteiger partial charge in [0.25, 0.3) is 0 Å². The molecule has 0 spiro atoms. The SMILES string of the molecule is C[CH2][Hg][N](CC)CC. The van der Waals surface area contributed by atoms with Crippen molar-refractivity contribution in [3.05, 3.63) is 0 Å². The predicted molar refractivity (Wildman–Crippen MR) is 33.4 cm³/mol. The summed E-state index contributed by atoms with van der Waals surface area (Å²) >= 11 is -0.484. The molecule has 0 aromatic carbocycles. The fraction of sp³-hybridized carbons (Fsp3) is 1.00. The van der Waals surface area contributed by atoms with E-state index in [9.17, 15) is 0 Å². The van der Waals surface area contributed by atoms with E-state index in [1.807, 2.05) is 0 Å². The van der Waals surface area contributed by atoms with Crippen LogP contribution >= 0.6 is 0 Å². The molecule has 0 N–H and O–H groups in total. The van der Waals surface area contributed by atoms with Gasteiger partial charge in [-0.2, -0.15) is 0 Å². The number of hydrogen-bond donors (Lipinski definition) is 0. The van der Waals surface area contributed by atoms with Gasteiger partial charge in [0, 0.05) is 0 Å². The summed E-state index contributed by atoms with van der Waals surface area (Å²) in [5.41, 5.74) is 0. The van der Waals surface area contributed by atoms with Gasteiger partial charge in [-0.05, 0) is 0 Å². The Balaban J connectivity index is 3.07. The molecule has 0 aliphatic heterocycles. The van der Waals surface area contributed by atoms with Crippen LogP contribution in [0, 0.1) is 0 Å². The van der Waals surface area contributed by atoms with Crippen LogP contribution in [0.25, 0.3) is 0 Å². The van der Waals surface area contributed by atoms with Crippen molar-refractivity contribution in [2.24, 2.45) is 0 Å². The summed E-state index contributed by atoms with van der Waals surface area (Å²) in [6.07, 6.45) is 0. The number of hydrogen-bond acceptors (Lipinski definition) is 1. The van der Waals surface area contributed by atoms with Crippen molar-refractivity contribution in [3.8, 4) is 0 Å². The third-order valence-electron chi connectivity index (χ3n) is 1.43. The second kappa shape index (κ2) is 6.02. The molecule has 0 bridgehead atoms. The molecule has 0 aliphatic carbocycles. The van der Waals surface area contributed by atoms with Gasteiger partial charge >= 0.3 is 65.3 Å². The Morgan fingerprint density at radius 1 is 1.12 bits per heavy atom. The Bertz CT molecular complexity index is 43.8. The molecule has 8 heavy (non-hydrogen) atoms. The molecule has 0 amide bonds. The zero-order valence-electron chi connectivity index (χ0n) is 6.28. The van der Waals surface area contributed by atoms with Crippen molar-refractivity contribution in [2.75, 3.05) is 13.1 Å². The third kappa shape index (κ3) is 3.84. The van der Waals surface area contributed by atoms with E-state index in [4.69, 9.17) is 0 Å². The Hall–Kier alpha value is 0.895. The second-order valence-electron chi connectivity index (χ2n) is 2.03. The van der Waals surface area contributed by atoms with E-state index in [-0.39, 0.29) is 0 Å². The summed E-state index contributed by atoms with van der Waals surface area (Å²) < 4.78 is 4.15. The molecule has 0 rings (SSSR count). The van der Waals surface area contributed by atoms with E-state index >= 15 is 0 Å². The quantitative estimate of drug-likeness (QED) is 0.715. The normalized spacial score (nSPS) is 9.50. The Morgan fingerprint density at radius 2 is 1.62 bits per heavy atom. The van der Waals surface area contributed by atoms with E-state index in [0.717, 1.165) is 0 Å². The molecule has 2 heteroatoms. The molecule has 0 fully saturated rings. The van der Waals surface area contributed by atoms with Crippen LogP contribution in [-0.4, -0.2) is 15.8 Å². The number of rotatable bonds is 4. The fourth-order valence-electron chi connectivity index (χ4n) is 0.856. The molecule has 0 aromatic rings. The molecular weight excluding hydrogens is 287 g/mol. The first-order valence-electron chi connectivity index (χ1n) is 3.57. The molecule has 0 aliphatic rings. The van der Waals surface area contributed by atoms with Crippen LogP contribution in [-0.2, 0) is 24.9 Å². The molecule has 0 heterocycles. The van der Waals surface area contributed by atoms with Gasteiger partial charge < -0.3 is 0 Å². The molecule has 0 saturated heterocycles. The van der Waals surface area contributed by atoms with E-state index in [1.165, 1.54) is 17.0 Å². The monoisotopic (exact) mass is 303 g/mol. The van der Waals surface area contributed by atoms with Crippen LogP contribution in [0.4, 0.5) is 0 Å². The van der Waals surface area contributed by atoms with Gasteiger partial charge in [-0.15, -0.1) is 0 Å². The molecule has 0 saturated carbocycles. The van der Waals surface area contributed by atoms with Crippen LogP contribution in [0.1, 0.15) is 20.8 Å². The summed E-state index contributed by atoms with van der Waals surface area (Å²) in [5, 5.41) is 0. The Labute approximate surface area is 65.3 Å². The molecule has 0 atom stereocenters. The minimum absolute atomic E-state index is 0.484. The predicted octanol–water partition coefficient (Wildman–Crippen LogP) is 1.76. The molecule has 0 radical (unpaired) electrons. The van der Waals surface area contributed by atoms with Crippen molar-refractivity contribution in [1.29, 1.82) is 0 Å². The van der Waals surface area contributed by atoms with Crippen LogP contribution in [0.2, 0.25) is 3.93 Å². The maximum absolute atomic E-state index is 2.65. The average molecular weight is 302 g/mol. The summed E-state index contributed by atoms with van der Waals surface area (Å²) in [7, 11) is 0.